The van der Waals surface area contributed by atoms with Gasteiger partial charge in [-0.2, -0.15) is 4.73 Å². The maximum atomic E-state index is 13.2. The summed E-state index contributed by atoms with van der Waals surface area (Å²) in [4.78, 5) is 16.2. The summed E-state index contributed by atoms with van der Waals surface area (Å²) in [5.41, 5.74) is -0.437. The van der Waals surface area contributed by atoms with Crippen molar-refractivity contribution in [3.8, 4) is 0 Å². The van der Waals surface area contributed by atoms with Gasteiger partial charge in [-0.25, -0.2) is 9.18 Å². The molecule has 0 amide bonds. The fourth-order valence-corrected chi connectivity index (χ4v) is 2.63. The zero-order chi connectivity index (χ0) is 16.9. The second kappa shape index (κ2) is 12.0. The normalized spacial score (nSPS) is 10.9. The predicted molar refractivity (Wildman–Crippen MR) is 89.3 cm³/mol. The smallest absolute Gasteiger partial charge is 0.359 e. The van der Waals surface area contributed by atoms with E-state index in [0.717, 1.165) is 23.6 Å². The quantitative estimate of drug-likeness (QED) is 0.486. The van der Waals surface area contributed by atoms with E-state index in [-0.39, 0.29) is 0 Å². The number of carboxylic acid groups (broad SMARTS) is 1. The number of carbonyl (C=O) groups is 1. The Kier molecular flexibility index (Phi) is 10.2. The first-order chi connectivity index (χ1) is 11.2. The van der Waals surface area contributed by atoms with Crippen LogP contribution in [0.4, 0.5) is 4.39 Å². The molecule has 1 aromatic heterocycles. The monoisotopic (exact) mass is 327 g/mol. The lowest BCUT2D eigenvalue weighted by molar-refractivity contribution is 0.0578. The first-order valence-electron chi connectivity index (χ1n) is 8.90. The highest BCUT2D eigenvalue weighted by atomic mass is 19.1. The number of hydrogen-bond donors (Lipinski definition) is 1. The van der Waals surface area contributed by atoms with E-state index < -0.39 is 17.5 Å². The fourth-order valence-electron chi connectivity index (χ4n) is 2.63. The van der Waals surface area contributed by atoms with Gasteiger partial charge in [-0.05, 0) is 18.9 Å². The van der Waals surface area contributed by atoms with Gasteiger partial charge in [0.25, 0.3) is 0 Å². The average molecular weight is 327 g/mol. The third-order valence-electron chi connectivity index (χ3n) is 3.98. The first kappa shape index (κ1) is 19.5. The Balaban J connectivity index is 1.97. The summed E-state index contributed by atoms with van der Waals surface area (Å²) in [6, 6.07) is 1.10. The van der Waals surface area contributed by atoms with E-state index in [1.807, 2.05) is 0 Å². The number of aromatic carboxylic acids is 1. The standard InChI is InChI=1S/C18H30FNO3/c1-2-3-4-5-6-7-8-9-10-11-12-15-23-20-14-13-16(19)17(20)18(21)22/h13-14H,2-12,15H2,1H3,(H,21,22). The largest absolute Gasteiger partial charge is 0.476 e. The summed E-state index contributed by atoms with van der Waals surface area (Å²) in [7, 11) is 0. The van der Waals surface area contributed by atoms with Gasteiger partial charge in [0.2, 0.25) is 0 Å². The van der Waals surface area contributed by atoms with Gasteiger partial charge in [-0.3, -0.25) is 0 Å². The van der Waals surface area contributed by atoms with Crippen LogP contribution < -0.4 is 4.84 Å². The van der Waals surface area contributed by atoms with E-state index in [9.17, 15) is 9.18 Å². The lowest BCUT2D eigenvalue weighted by atomic mass is 10.1. The molecule has 1 heterocycles. The van der Waals surface area contributed by atoms with E-state index in [1.54, 1.807) is 0 Å². The van der Waals surface area contributed by atoms with Gasteiger partial charge in [0.05, 0.1) is 0 Å². The van der Waals surface area contributed by atoms with Crippen molar-refractivity contribution in [3.05, 3.63) is 23.8 Å². The zero-order valence-electron chi connectivity index (χ0n) is 14.2. The summed E-state index contributed by atoms with van der Waals surface area (Å²) >= 11 is 0. The van der Waals surface area contributed by atoms with Crippen molar-refractivity contribution in [1.82, 2.24) is 4.73 Å². The van der Waals surface area contributed by atoms with Crippen LogP contribution in [0.1, 0.15) is 88.0 Å². The molecule has 0 bridgehead atoms. The molecule has 23 heavy (non-hydrogen) atoms. The highest BCUT2D eigenvalue weighted by Crippen LogP contribution is 2.11. The van der Waals surface area contributed by atoms with E-state index in [2.05, 4.69) is 6.92 Å². The Morgan fingerprint density at radius 2 is 1.57 bits per heavy atom. The molecule has 1 rings (SSSR count). The van der Waals surface area contributed by atoms with Crippen LogP contribution in [0.5, 0.6) is 0 Å². The fraction of sp³-hybridized carbons (Fsp3) is 0.722. The summed E-state index contributed by atoms with van der Waals surface area (Å²) in [5, 5.41) is 8.89. The van der Waals surface area contributed by atoms with E-state index in [1.165, 1.54) is 64.0 Å². The van der Waals surface area contributed by atoms with Crippen molar-refractivity contribution in [3.63, 3.8) is 0 Å². The average Bonchev–Trinajstić information content (AvgIpc) is 2.89. The summed E-state index contributed by atoms with van der Waals surface area (Å²) < 4.78 is 14.2. The Morgan fingerprint density at radius 1 is 1.04 bits per heavy atom. The second-order valence-corrected chi connectivity index (χ2v) is 6.01. The minimum atomic E-state index is -1.31. The van der Waals surface area contributed by atoms with Crippen LogP contribution in [-0.2, 0) is 0 Å². The molecule has 4 nitrogen and oxygen atoms in total. The van der Waals surface area contributed by atoms with Crippen LogP contribution >= 0.6 is 0 Å². The Morgan fingerprint density at radius 3 is 2.09 bits per heavy atom. The Labute approximate surface area is 138 Å². The Hall–Kier alpha value is -1.52. The minimum absolute atomic E-state index is 0.408. The number of rotatable bonds is 14. The SMILES string of the molecule is CCCCCCCCCCCCCOn1ccc(F)c1C(=O)O. The lowest BCUT2D eigenvalue weighted by Gasteiger charge is -2.08. The molecule has 1 aromatic rings. The molecule has 5 heteroatoms. The molecule has 1 N–H and O–H groups in total. The Bertz CT molecular complexity index is 445. The van der Waals surface area contributed by atoms with Crippen LogP contribution in [0.25, 0.3) is 0 Å². The third kappa shape index (κ3) is 8.05. The zero-order valence-corrected chi connectivity index (χ0v) is 14.2. The number of unbranched alkanes of at least 4 members (excludes halogenated alkanes) is 10. The molecule has 132 valence electrons. The van der Waals surface area contributed by atoms with E-state index in [0.29, 0.717) is 6.61 Å². The van der Waals surface area contributed by atoms with Gasteiger partial charge in [0.1, 0.15) is 6.61 Å². The minimum Gasteiger partial charge on any atom is -0.476 e. The highest BCUT2D eigenvalue weighted by Gasteiger charge is 2.17. The van der Waals surface area contributed by atoms with Crippen molar-refractivity contribution in [1.29, 1.82) is 0 Å². The number of hydrogen-bond acceptors (Lipinski definition) is 2. The molecule has 0 spiro atoms. The van der Waals surface area contributed by atoms with Crippen molar-refractivity contribution in [2.45, 2.75) is 77.6 Å². The van der Waals surface area contributed by atoms with Crippen molar-refractivity contribution in [2.75, 3.05) is 6.61 Å². The maximum Gasteiger partial charge on any atom is 0.359 e. The number of halogens is 1. The molecule has 0 aliphatic heterocycles. The van der Waals surface area contributed by atoms with Crippen LogP contribution in [0.3, 0.4) is 0 Å². The number of nitrogens with zero attached hydrogens (tertiary/aromatic N) is 1. The van der Waals surface area contributed by atoms with Gasteiger partial charge in [0, 0.05) is 6.20 Å². The van der Waals surface area contributed by atoms with Crippen LogP contribution in [0.2, 0.25) is 0 Å². The molecule has 0 unspecified atom stereocenters. The first-order valence-corrected chi connectivity index (χ1v) is 8.90. The number of aromatic nitrogens is 1. The van der Waals surface area contributed by atoms with Gasteiger partial charge >= 0.3 is 5.97 Å². The third-order valence-corrected chi connectivity index (χ3v) is 3.98. The van der Waals surface area contributed by atoms with E-state index >= 15 is 0 Å². The molecule has 0 aliphatic carbocycles. The molecule has 0 aromatic carbocycles. The van der Waals surface area contributed by atoms with Crippen LogP contribution in [0, 0.1) is 5.82 Å². The molecule has 0 fully saturated rings. The van der Waals surface area contributed by atoms with Gasteiger partial charge in [-0.1, -0.05) is 64.7 Å². The maximum absolute atomic E-state index is 13.2. The molecular weight excluding hydrogens is 297 g/mol. The molecule has 0 atom stereocenters. The topological polar surface area (TPSA) is 51.5 Å². The van der Waals surface area contributed by atoms with E-state index in [4.69, 9.17) is 9.94 Å². The van der Waals surface area contributed by atoms with Crippen LogP contribution in [-0.4, -0.2) is 22.4 Å². The van der Waals surface area contributed by atoms with Gasteiger partial charge < -0.3 is 9.94 Å². The van der Waals surface area contributed by atoms with Crippen molar-refractivity contribution in [2.24, 2.45) is 0 Å². The van der Waals surface area contributed by atoms with Gasteiger partial charge in [-0.15, -0.1) is 0 Å². The summed E-state index contributed by atoms with van der Waals surface area (Å²) in [6.07, 6.45) is 15.0. The molecule has 0 radical (unpaired) electrons. The lowest BCUT2D eigenvalue weighted by Crippen LogP contribution is -2.18. The highest BCUT2D eigenvalue weighted by molar-refractivity contribution is 5.86. The molecule has 0 saturated heterocycles. The number of carboxylic acids is 1. The molecule has 0 aliphatic rings. The van der Waals surface area contributed by atoms with Crippen molar-refractivity contribution < 1.29 is 19.1 Å². The second-order valence-electron chi connectivity index (χ2n) is 6.01. The predicted octanol–water partition coefficient (Wildman–Crippen LogP) is 5.07. The molecular formula is C18H30FNO3. The molecule has 0 saturated carbocycles. The van der Waals surface area contributed by atoms with Crippen LogP contribution in [0.15, 0.2) is 12.3 Å². The summed E-state index contributed by atoms with van der Waals surface area (Å²) in [6.45, 7) is 2.64. The van der Waals surface area contributed by atoms with Gasteiger partial charge in [0.15, 0.2) is 11.5 Å². The van der Waals surface area contributed by atoms with Crippen molar-refractivity contribution >= 4 is 5.97 Å². The summed E-state index contributed by atoms with van der Waals surface area (Å²) in [5.74, 6) is -2.08.